The normalized spacial score (nSPS) is 22.5. The number of aliphatic carboxylic acids is 1. The van der Waals surface area contributed by atoms with E-state index in [2.05, 4.69) is 4.98 Å². The second-order valence-electron chi connectivity index (χ2n) is 5.26. The lowest BCUT2D eigenvalue weighted by Gasteiger charge is -2.34. The van der Waals surface area contributed by atoms with E-state index in [9.17, 15) is 14.7 Å². The molecular formula is C15H18N2O4. The highest BCUT2D eigenvalue weighted by Gasteiger charge is 2.27. The minimum atomic E-state index is -1.06. The Morgan fingerprint density at radius 3 is 2.86 bits per heavy atom. The number of hydrogen-bond acceptors (Lipinski definition) is 4. The minimum Gasteiger partial charge on any atom is -0.478 e. The molecule has 2 atom stereocenters. The molecule has 0 aliphatic carbocycles. The van der Waals surface area contributed by atoms with Gasteiger partial charge in [0.25, 0.3) is 5.91 Å². The molecule has 1 aromatic rings. The number of carboxylic acids is 1. The maximum absolute atomic E-state index is 12.4. The number of aromatic nitrogens is 1. The number of pyridine rings is 1. The zero-order valence-electron chi connectivity index (χ0n) is 11.8. The molecule has 0 spiro atoms. The number of carbonyl (C=O) groups excluding carboxylic acids is 1. The molecule has 112 valence electrons. The number of piperidine rings is 1. The second-order valence-corrected chi connectivity index (χ2v) is 5.26. The summed E-state index contributed by atoms with van der Waals surface area (Å²) < 4.78 is 0. The maximum Gasteiger partial charge on any atom is 0.328 e. The van der Waals surface area contributed by atoms with Crippen LogP contribution in [0, 0.1) is 5.92 Å². The number of hydrogen-bond donors (Lipinski definition) is 2. The molecule has 0 saturated carbocycles. The number of aliphatic hydroxyl groups excluding tert-OH is 1. The fourth-order valence-electron chi connectivity index (χ4n) is 2.25. The highest BCUT2D eigenvalue weighted by molar-refractivity contribution is 5.95. The fourth-order valence-corrected chi connectivity index (χ4v) is 2.25. The number of carbonyl (C=O) groups is 2. The number of likely N-dealkylation sites (tertiary alicyclic amines) is 1. The SMILES string of the molecule is CC1CCN(C(=O)c2cncc(/C=C/C(=O)O)c2)CC1O. The van der Waals surface area contributed by atoms with E-state index in [1.807, 2.05) is 6.92 Å². The standard InChI is InChI=1S/C15H18N2O4/c1-10-4-5-17(9-13(10)18)15(21)12-6-11(7-16-8-12)2-3-14(19)20/h2-3,6-8,10,13,18H,4-5,9H2,1H3,(H,19,20)/b3-2+. The van der Waals surface area contributed by atoms with Crippen LogP contribution in [0.25, 0.3) is 6.08 Å². The molecule has 1 fully saturated rings. The van der Waals surface area contributed by atoms with Crippen LogP contribution >= 0.6 is 0 Å². The van der Waals surface area contributed by atoms with Gasteiger partial charge in [0.05, 0.1) is 11.7 Å². The maximum atomic E-state index is 12.4. The summed E-state index contributed by atoms with van der Waals surface area (Å²) in [7, 11) is 0. The molecule has 6 heteroatoms. The largest absolute Gasteiger partial charge is 0.478 e. The molecule has 2 unspecified atom stereocenters. The Hall–Kier alpha value is -2.21. The van der Waals surface area contributed by atoms with Gasteiger partial charge in [-0.3, -0.25) is 9.78 Å². The summed E-state index contributed by atoms with van der Waals surface area (Å²) in [5.74, 6) is -1.06. The first kappa shape index (κ1) is 15.2. The third-order valence-corrected chi connectivity index (χ3v) is 3.63. The van der Waals surface area contributed by atoms with Crippen molar-refractivity contribution >= 4 is 18.0 Å². The predicted octanol–water partition coefficient (Wildman–Crippen LogP) is 1.02. The Morgan fingerprint density at radius 1 is 1.43 bits per heavy atom. The number of aliphatic hydroxyl groups is 1. The number of amides is 1. The average Bonchev–Trinajstić information content (AvgIpc) is 2.47. The highest BCUT2D eigenvalue weighted by Crippen LogP contribution is 2.19. The van der Waals surface area contributed by atoms with Crippen LogP contribution in [-0.2, 0) is 4.79 Å². The van der Waals surface area contributed by atoms with Gasteiger partial charge in [-0.15, -0.1) is 0 Å². The van der Waals surface area contributed by atoms with Crippen molar-refractivity contribution in [2.45, 2.75) is 19.4 Å². The van der Waals surface area contributed by atoms with E-state index in [4.69, 9.17) is 5.11 Å². The summed E-state index contributed by atoms with van der Waals surface area (Å²) in [6, 6.07) is 1.60. The second kappa shape index (κ2) is 6.49. The first-order valence-electron chi connectivity index (χ1n) is 6.81. The molecule has 21 heavy (non-hydrogen) atoms. The van der Waals surface area contributed by atoms with E-state index in [1.165, 1.54) is 18.5 Å². The van der Waals surface area contributed by atoms with Crippen molar-refractivity contribution in [1.29, 1.82) is 0 Å². The minimum absolute atomic E-state index is 0.192. The molecule has 0 radical (unpaired) electrons. The van der Waals surface area contributed by atoms with Crippen molar-refractivity contribution in [2.75, 3.05) is 13.1 Å². The molecule has 1 aliphatic heterocycles. The Morgan fingerprint density at radius 2 is 2.19 bits per heavy atom. The number of β-amino-alcohol motifs (C(OH)–C–C–N with tert-alkyl or cyclic N) is 1. The van der Waals surface area contributed by atoms with E-state index in [1.54, 1.807) is 11.0 Å². The number of carboxylic acid groups (broad SMARTS) is 1. The van der Waals surface area contributed by atoms with E-state index in [0.717, 1.165) is 12.5 Å². The zero-order valence-corrected chi connectivity index (χ0v) is 11.8. The van der Waals surface area contributed by atoms with Gasteiger partial charge in [0.1, 0.15) is 0 Å². The van der Waals surface area contributed by atoms with Crippen LogP contribution in [0.4, 0.5) is 0 Å². The monoisotopic (exact) mass is 290 g/mol. The molecule has 1 amide bonds. The van der Waals surface area contributed by atoms with Crippen LogP contribution in [0.15, 0.2) is 24.5 Å². The summed E-state index contributed by atoms with van der Waals surface area (Å²) in [4.78, 5) is 28.4. The lowest BCUT2D eigenvalue weighted by molar-refractivity contribution is -0.131. The van der Waals surface area contributed by atoms with Crippen molar-refractivity contribution < 1.29 is 19.8 Å². The van der Waals surface area contributed by atoms with Gasteiger partial charge >= 0.3 is 5.97 Å². The van der Waals surface area contributed by atoms with Crippen molar-refractivity contribution in [3.05, 3.63) is 35.7 Å². The Balaban J connectivity index is 2.12. The molecule has 2 rings (SSSR count). The molecule has 0 aromatic carbocycles. The van der Waals surface area contributed by atoms with Gasteiger partial charge < -0.3 is 15.1 Å². The summed E-state index contributed by atoms with van der Waals surface area (Å²) in [5, 5.41) is 18.5. The summed E-state index contributed by atoms with van der Waals surface area (Å²) in [6.07, 6.45) is 5.58. The molecule has 1 saturated heterocycles. The van der Waals surface area contributed by atoms with Gasteiger partial charge in [0, 0.05) is 31.6 Å². The topological polar surface area (TPSA) is 90.7 Å². The van der Waals surface area contributed by atoms with Gasteiger partial charge in [-0.05, 0) is 30.0 Å². The van der Waals surface area contributed by atoms with Crippen molar-refractivity contribution in [3.8, 4) is 0 Å². The summed E-state index contributed by atoms with van der Waals surface area (Å²) in [6.45, 7) is 2.88. The van der Waals surface area contributed by atoms with Gasteiger partial charge in [-0.2, -0.15) is 0 Å². The average molecular weight is 290 g/mol. The lowest BCUT2D eigenvalue weighted by atomic mass is 9.95. The Bertz CT molecular complexity index is 571. The molecular weight excluding hydrogens is 272 g/mol. The van der Waals surface area contributed by atoms with Crippen LogP contribution in [0.3, 0.4) is 0 Å². The first-order chi connectivity index (χ1) is 9.97. The first-order valence-corrected chi connectivity index (χ1v) is 6.81. The van der Waals surface area contributed by atoms with Gasteiger partial charge in [0.2, 0.25) is 0 Å². The summed E-state index contributed by atoms with van der Waals surface area (Å²) >= 11 is 0. The quantitative estimate of drug-likeness (QED) is 0.811. The number of rotatable bonds is 3. The number of nitrogens with zero attached hydrogens (tertiary/aromatic N) is 2. The van der Waals surface area contributed by atoms with Crippen LogP contribution in [0.5, 0.6) is 0 Å². The van der Waals surface area contributed by atoms with Gasteiger partial charge in [0.15, 0.2) is 0 Å². The highest BCUT2D eigenvalue weighted by atomic mass is 16.4. The lowest BCUT2D eigenvalue weighted by Crippen LogP contribution is -2.45. The van der Waals surface area contributed by atoms with Crippen LogP contribution in [-0.4, -0.2) is 51.2 Å². The summed E-state index contributed by atoms with van der Waals surface area (Å²) in [5.41, 5.74) is 0.943. The van der Waals surface area contributed by atoms with E-state index in [-0.39, 0.29) is 11.8 Å². The van der Waals surface area contributed by atoms with Crippen LogP contribution < -0.4 is 0 Å². The molecule has 6 nitrogen and oxygen atoms in total. The zero-order chi connectivity index (χ0) is 15.4. The molecule has 2 heterocycles. The molecule has 2 N–H and O–H groups in total. The third kappa shape index (κ3) is 3.88. The molecule has 1 aliphatic rings. The molecule has 1 aromatic heterocycles. The van der Waals surface area contributed by atoms with Gasteiger partial charge in [-0.25, -0.2) is 4.79 Å². The van der Waals surface area contributed by atoms with Gasteiger partial charge in [-0.1, -0.05) is 6.92 Å². The van der Waals surface area contributed by atoms with Crippen molar-refractivity contribution in [3.63, 3.8) is 0 Å². The van der Waals surface area contributed by atoms with Crippen molar-refractivity contribution in [2.24, 2.45) is 5.92 Å². The predicted molar refractivity (Wildman–Crippen MR) is 76.6 cm³/mol. The smallest absolute Gasteiger partial charge is 0.328 e. The van der Waals surface area contributed by atoms with E-state index >= 15 is 0 Å². The van der Waals surface area contributed by atoms with Crippen LogP contribution in [0.2, 0.25) is 0 Å². The van der Waals surface area contributed by atoms with E-state index < -0.39 is 12.1 Å². The van der Waals surface area contributed by atoms with E-state index in [0.29, 0.717) is 24.2 Å². The Labute approximate surface area is 122 Å². The third-order valence-electron chi connectivity index (χ3n) is 3.63. The van der Waals surface area contributed by atoms with Crippen LogP contribution in [0.1, 0.15) is 29.3 Å². The molecule has 0 bridgehead atoms. The fraction of sp³-hybridized carbons (Fsp3) is 0.400. The Kier molecular flexibility index (Phi) is 4.70. The van der Waals surface area contributed by atoms with Crippen molar-refractivity contribution in [1.82, 2.24) is 9.88 Å².